The molecule has 3 aromatic carbocycles. The van der Waals surface area contributed by atoms with Gasteiger partial charge in [-0.2, -0.15) is 0 Å². The van der Waals surface area contributed by atoms with Crippen LogP contribution in [0.15, 0.2) is 91.0 Å². The van der Waals surface area contributed by atoms with Crippen molar-refractivity contribution in [3.05, 3.63) is 108 Å². The largest absolute Gasteiger partial charge is 0.387 e. The summed E-state index contributed by atoms with van der Waals surface area (Å²) in [5.74, 6) is -0.747. The standard InChI is InChI=1S/C28H30O5/c1-27(2)30-19-24-26(33-27)25(29)23(32-24)18-31-28(20-12-6-3-7-13-20,21-14-8-4-9-15-21)22-16-10-5-11-17-22/h3-17,23-26,29H,18-19H2,1-2H3/t23?,24-,25?,26+/m0/s1. The summed E-state index contributed by atoms with van der Waals surface area (Å²) in [7, 11) is 0. The lowest BCUT2D eigenvalue weighted by Gasteiger charge is -2.37. The molecule has 5 nitrogen and oxygen atoms in total. The predicted molar refractivity (Wildman–Crippen MR) is 125 cm³/mol. The number of ether oxygens (including phenoxy) is 4. The molecule has 0 amide bonds. The van der Waals surface area contributed by atoms with Gasteiger partial charge in [0.1, 0.15) is 30.0 Å². The van der Waals surface area contributed by atoms with Gasteiger partial charge in [0, 0.05) is 0 Å². The van der Waals surface area contributed by atoms with E-state index in [9.17, 15) is 5.11 Å². The highest BCUT2D eigenvalue weighted by atomic mass is 16.7. The van der Waals surface area contributed by atoms with Gasteiger partial charge in [0.15, 0.2) is 5.79 Å². The number of fused-ring (bicyclic) bond motifs is 1. The highest BCUT2D eigenvalue weighted by molar-refractivity contribution is 5.47. The van der Waals surface area contributed by atoms with Crippen molar-refractivity contribution in [1.29, 1.82) is 0 Å². The Morgan fingerprint density at radius 1 is 0.848 bits per heavy atom. The minimum absolute atomic E-state index is 0.191. The number of aliphatic hydroxyl groups excluding tert-OH is 1. The SMILES string of the molecule is CC1(C)OC[C@@H]2OC(COC(c3ccccc3)(c3ccccc3)c3ccccc3)C(O)[C@@H]2O1. The molecule has 0 saturated carbocycles. The van der Waals surface area contributed by atoms with Crippen molar-refractivity contribution >= 4 is 0 Å². The summed E-state index contributed by atoms with van der Waals surface area (Å²) < 4.78 is 24.7. The Hall–Kier alpha value is -2.54. The van der Waals surface area contributed by atoms with Crippen LogP contribution in [-0.4, -0.2) is 48.5 Å². The fourth-order valence-corrected chi connectivity index (χ4v) is 4.85. The molecule has 2 saturated heterocycles. The maximum absolute atomic E-state index is 11.0. The van der Waals surface area contributed by atoms with Crippen LogP contribution in [0.25, 0.3) is 0 Å². The predicted octanol–water partition coefficient (Wildman–Crippen LogP) is 4.27. The lowest BCUT2D eigenvalue weighted by Crippen LogP contribution is -2.50. The summed E-state index contributed by atoms with van der Waals surface area (Å²) in [6.45, 7) is 4.28. The van der Waals surface area contributed by atoms with E-state index in [1.807, 2.05) is 68.4 Å². The van der Waals surface area contributed by atoms with Crippen molar-refractivity contribution in [2.75, 3.05) is 13.2 Å². The first-order valence-corrected chi connectivity index (χ1v) is 11.5. The highest BCUT2D eigenvalue weighted by Crippen LogP contribution is 2.42. The topological polar surface area (TPSA) is 57.2 Å². The molecule has 0 bridgehead atoms. The van der Waals surface area contributed by atoms with Crippen LogP contribution >= 0.6 is 0 Å². The van der Waals surface area contributed by atoms with Gasteiger partial charge in [-0.25, -0.2) is 0 Å². The molecule has 5 rings (SSSR count). The van der Waals surface area contributed by atoms with Crippen molar-refractivity contribution < 1.29 is 24.1 Å². The van der Waals surface area contributed by atoms with Crippen molar-refractivity contribution in [2.45, 2.75) is 49.7 Å². The maximum atomic E-state index is 11.0. The molecule has 2 heterocycles. The third kappa shape index (κ3) is 4.23. The van der Waals surface area contributed by atoms with E-state index in [-0.39, 0.29) is 12.7 Å². The molecule has 2 aliphatic rings. The average molecular weight is 447 g/mol. The van der Waals surface area contributed by atoms with Gasteiger partial charge in [0.2, 0.25) is 0 Å². The molecule has 0 radical (unpaired) electrons. The molecule has 2 aliphatic heterocycles. The van der Waals surface area contributed by atoms with E-state index in [4.69, 9.17) is 18.9 Å². The Labute approximate surface area is 194 Å². The van der Waals surface area contributed by atoms with Crippen molar-refractivity contribution in [1.82, 2.24) is 0 Å². The highest BCUT2D eigenvalue weighted by Gasteiger charge is 2.51. The summed E-state index contributed by atoms with van der Waals surface area (Å²) in [4.78, 5) is 0. The van der Waals surface area contributed by atoms with E-state index >= 15 is 0 Å². The number of hydrogen-bond acceptors (Lipinski definition) is 5. The van der Waals surface area contributed by atoms with Crippen LogP contribution in [0.3, 0.4) is 0 Å². The Bertz CT molecular complexity index is 941. The van der Waals surface area contributed by atoms with Gasteiger partial charge in [-0.3, -0.25) is 0 Å². The monoisotopic (exact) mass is 446 g/mol. The minimum atomic E-state index is -0.864. The van der Waals surface area contributed by atoms with Crippen molar-refractivity contribution in [3.63, 3.8) is 0 Å². The molecule has 1 N–H and O–H groups in total. The van der Waals surface area contributed by atoms with Crippen LogP contribution in [0.2, 0.25) is 0 Å². The van der Waals surface area contributed by atoms with Crippen LogP contribution in [0.4, 0.5) is 0 Å². The Morgan fingerprint density at radius 2 is 1.33 bits per heavy atom. The molecule has 4 atom stereocenters. The maximum Gasteiger partial charge on any atom is 0.163 e. The van der Waals surface area contributed by atoms with Crippen LogP contribution in [0.1, 0.15) is 30.5 Å². The molecule has 3 aromatic rings. The van der Waals surface area contributed by atoms with Crippen LogP contribution in [-0.2, 0) is 24.5 Å². The third-order valence-corrected chi connectivity index (χ3v) is 6.45. The van der Waals surface area contributed by atoms with Gasteiger partial charge in [-0.1, -0.05) is 91.0 Å². The van der Waals surface area contributed by atoms with Crippen LogP contribution < -0.4 is 0 Å². The molecule has 0 aliphatic carbocycles. The fourth-order valence-electron chi connectivity index (χ4n) is 4.85. The van der Waals surface area contributed by atoms with E-state index in [0.717, 1.165) is 16.7 Å². The quantitative estimate of drug-likeness (QED) is 0.573. The lowest BCUT2D eigenvalue weighted by molar-refractivity contribution is -0.300. The third-order valence-electron chi connectivity index (χ3n) is 6.45. The first-order valence-electron chi connectivity index (χ1n) is 11.5. The second-order valence-electron chi connectivity index (χ2n) is 9.09. The first kappa shape index (κ1) is 22.3. The van der Waals surface area contributed by atoms with Crippen LogP contribution in [0.5, 0.6) is 0 Å². The van der Waals surface area contributed by atoms with Gasteiger partial charge in [0.05, 0.1) is 13.2 Å². The van der Waals surface area contributed by atoms with E-state index in [1.54, 1.807) is 0 Å². The summed E-state index contributed by atoms with van der Waals surface area (Å²) in [6.07, 6.45) is -2.10. The molecule has 0 aromatic heterocycles. The normalized spacial score (nSPS) is 26.6. The smallest absolute Gasteiger partial charge is 0.163 e. The average Bonchev–Trinajstić information content (AvgIpc) is 3.15. The lowest BCUT2D eigenvalue weighted by atomic mass is 9.80. The van der Waals surface area contributed by atoms with E-state index in [0.29, 0.717) is 6.61 Å². The van der Waals surface area contributed by atoms with Gasteiger partial charge in [0.25, 0.3) is 0 Å². The summed E-state index contributed by atoms with van der Waals surface area (Å²) in [5.41, 5.74) is 2.16. The van der Waals surface area contributed by atoms with Crippen LogP contribution in [0, 0.1) is 0 Å². The fraction of sp³-hybridized carbons (Fsp3) is 0.357. The molecule has 172 valence electrons. The number of benzene rings is 3. The second kappa shape index (κ2) is 9.01. The van der Waals surface area contributed by atoms with Crippen molar-refractivity contribution in [3.8, 4) is 0 Å². The minimum Gasteiger partial charge on any atom is -0.387 e. The molecule has 5 heteroatoms. The summed E-state index contributed by atoms with van der Waals surface area (Å²) in [6, 6.07) is 30.5. The van der Waals surface area contributed by atoms with E-state index in [1.165, 1.54) is 0 Å². The number of rotatable bonds is 6. The summed E-state index contributed by atoms with van der Waals surface area (Å²) >= 11 is 0. The number of hydrogen-bond donors (Lipinski definition) is 1. The molecule has 2 fully saturated rings. The van der Waals surface area contributed by atoms with Gasteiger partial charge >= 0.3 is 0 Å². The number of aliphatic hydroxyl groups is 1. The Kier molecular flexibility index (Phi) is 6.08. The van der Waals surface area contributed by atoms with E-state index in [2.05, 4.69) is 36.4 Å². The van der Waals surface area contributed by atoms with Gasteiger partial charge < -0.3 is 24.1 Å². The van der Waals surface area contributed by atoms with Gasteiger partial charge in [-0.15, -0.1) is 0 Å². The zero-order valence-corrected chi connectivity index (χ0v) is 19.0. The van der Waals surface area contributed by atoms with Gasteiger partial charge in [-0.05, 0) is 30.5 Å². The Morgan fingerprint density at radius 3 is 1.82 bits per heavy atom. The molecule has 33 heavy (non-hydrogen) atoms. The zero-order chi connectivity index (χ0) is 22.9. The molecule has 2 unspecified atom stereocenters. The summed E-state index contributed by atoms with van der Waals surface area (Å²) in [5, 5.41) is 11.0. The van der Waals surface area contributed by atoms with Crippen molar-refractivity contribution in [2.24, 2.45) is 0 Å². The first-order chi connectivity index (χ1) is 16.0. The Balaban J connectivity index is 1.51. The zero-order valence-electron chi connectivity index (χ0n) is 19.0. The van der Waals surface area contributed by atoms with E-state index < -0.39 is 29.7 Å². The molecule has 0 spiro atoms. The second-order valence-corrected chi connectivity index (χ2v) is 9.09. The molecular weight excluding hydrogens is 416 g/mol. The molecular formula is C28H30O5.